The third-order valence-corrected chi connectivity index (χ3v) is 1.32. The fourth-order valence-corrected chi connectivity index (χ4v) is 0.446. The third kappa shape index (κ3) is 3.29. The lowest BCUT2D eigenvalue weighted by molar-refractivity contribution is -0.0212. The van der Waals surface area contributed by atoms with Gasteiger partial charge in [0.05, 0.1) is 6.10 Å². The summed E-state index contributed by atoms with van der Waals surface area (Å²) >= 11 is 0. The Kier molecular flexibility index (Phi) is 3.79. The third-order valence-electron chi connectivity index (χ3n) is 1.32. The molecule has 0 aromatic heterocycles. The zero-order valence-electron chi connectivity index (χ0n) is 6.33. The lowest BCUT2D eigenvalue weighted by Gasteiger charge is -2.16. The maximum atomic E-state index is 9.95. The molecule has 2 atom stereocenters. The van der Waals surface area contributed by atoms with Gasteiger partial charge in [-0.2, -0.15) is 0 Å². The summed E-state index contributed by atoms with van der Waals surface area (Å²) < 4.78 is 9.22. The van der Waals surface area contributed by atoms with Gasteiger partial charge in [-0.15, -0.1) is 0 Å². The predicted octanol–water partition coefficient (Wildman–Crippen LogP) is 1.10. The van der Waals surface area contributed by atoms with E-state index in [-0.39, 0.29) is 6.10 Å². The van der Waals surface area contributed by atoms with Crippen LogP contribution in [-0.4, -0.2) is 30.6 Å². The Balaban J connectivity index is 3.61. The number of carbonyl (C=O) groups is 1. The van der Waals surface area contributed by atoms with Crippen LogP contribution in [0.2, 0.25) is 0 Å². The van der Waals surface area contributed by atoms with Crippen molar-refractivity contribution in [3.8, 4) is 0 Å². The zero-order valence-corrected chi connectivity index (χ0v) is 6.33. The summed E-state index contributed by atoms with van der Waals surface area (Å²) in [4.78, 5) is 9.95. The van der Waals surface area contributed by atoms with Crippen LogP contribution in [0.3, 0.4) is 0 Å². The zero-order chi connectivity index (χ0) is 8.15. The highest BCUT2D eigenvalue weighted by molar-refractivity contribution is 5.57. The molecule has 60 valence electrons. The molecule has 0 spiro atoms. The topological polar surface area (TPSA) is 55.8 Å². The fourth-order valence-electron chi connectivity index (χ4n) is 0.446. The highest BCUT2D eigenvalue weighted by Crippen LogP contribution is 2.00. The van der Waals surface area contributed by atoms with Gasteiger partial charge in [0.1, 0.15) is 6.10 Å². The minimum absolute atomic E-state index is 0.198. The Labute approximate surface area is 59.7 Å². The molecule has 0 rings (SSSR count). The van der Waals surface area contributed by atoms with Gasteiger partial charge in [0.25, 0.3) is 0 Å². The number of rotatable bonds is 3. The Morgan fingerprint density at radius 1 is 1.40 bits per heavy atom. The molecule has 0 aliphatic heterocycles. The predicted molar refractivity (Wildman–Crippen MR) is 35.0 cm³/mol. The van der Waals surface area contributed by atoms with Crippen LogP contribution in [0.4, 0.5) is 4.79 Å². The summed E-state index contributed by atoms with van der Waals surface area (Å²) in [6, 6.07) is 0. The van der Waals surface area contributed by atoms with Gasteiger partial charge in [-0.3, -0.25) is 0 Å². The standard InChI is InChI=1S/C6H12O4/c1-4(9-3)5(2)10-6(7)8/h4-5H,1-3H3,(H,7,8). The van der Waals surface area contributed by atoms with E-state index < -0.39 is 12.3 Å². The van der Waals surface area contributed by atoms with E-state index in [0.717, 1.165) is 0 Å². The molecule has 4 nitrogen and oxygen atoms in total. The number of ether oxygens (including phenoxy) is 2. The summed E-state index contributed by atoms with van der Waals surface area (Å²) in [5.74, 6) is 0. The summed E-state index contributed by atoms with van der Waals surface area (Å²) in [5.41, 5.74) is 0. The molecule has 0 saturated carbocycles. The van der Waals surface area contributed by atoms with Crippen molar-refractivity contribution in [1.29, 1.82) is 0 Å². The van der Waals surface area contributed by atoms with E-state index in [0.29, 0.717) is 0 Å². The SMILES string of the molecule is COC(C)C(C)OC(=O)O. The van der Waals surface area contributed by atoms with Gasteiger partial charge in [0.2, 0.25) is 0 Å². The van der Waals surface area contributed by atoms with E-state index in [1.165, 1.54) is 7.11 Å². The normalized spacial score (nSPS) is 15.9. The maximum Gasteiger partial charge on any atom is 0.506 e. The molecule has 0 radical (unpaired) electrons. The van der Waals surface area contributed by atoms with E-state index in [4.69, 9.17) is 9.84 Å². The number of methoxy groups -OCH3 is 1. The van der Waals surface area contributed by atoms with Gasteiger partial charge < -0.3 is 14.6 Å². The summed E-state index contributed by atoms with van der Waals surface area (Å²) in [6.07, 6.45) is -1.88. The lowest BCUT2D eigenvalue weighted by atomic mass is 10.2. The first kappa shape index (κ1) is 9.23. The van der Waals surface area contributed by atoms with Gasteiger partial charge in [-0.05, 0) is 13.8 Å². The second-order valence-electron chi connectivity index (χ2n) is 2.03. The smallest absolute Gasteiger partial charge is 0.450 e. The Bertz CT molecular complexity index is 112. The first-order valence-corrected chi connectivity index (χ1v) is 3.00. The Morgan fingerprint density at radius 3 is 2.20 bits per heavy atom. The van der Waals surface area contributed by atoms with Crippen molar-refractivity contribution in [1.82, 2.24) is 0 Å². The summed E-state index contributed by atoms with van der Waals surface area (Å²) in [6.45, 7) is 3.38. The molecule has 0 fully saturated rings. The van der Waals surface area contributed by atoms with E-state index >= 15 is 0 Å². The van der Waals surface area contributed by atoms with Gasteiger partial charge >= 0.3 is 6.16 Å². The first-order valence-electron chi connectivity index (χ1n) is 3.00. The Hall–Kier alpha value is -0.770. The van der Waals surface area contributed by atoms with Crippen LogP contribution >= 0.6 is 0 Å². The van der Waals surface area contributed by atoms with E-state index in [2.05, 4.69) is 4.74 Å². The van der Waals surface area contributed by atoms with Crippen LogP contribution in [0.1, 0.15) is 13.8 Å². The minimum atomic E-state index is -1.27. The molecule has 0 aromatic rings. The molecule has 4 heteroatoms. The molecule has 0 aliphatic rings. The molecule has 0 bridgehead atoms. The fraction of sp³-hybridized carbons (Fsp3) is 0.833. The van der Waals surface area contributed by atoms with Crippen LogP contribution in [0.15, 0.2) is 0 Å². The van der Waals surface area contributed by atoms with Gasteiger partial charge in [0, 0.05) is 7.11 Å². The summed E-state index contributed by atoms with van der Waals surface area (Å²) in [5, 5.41) is 8.15. The highest BCUT2D eigenvalue weighted by atomic mass is 16.7. The monoisotopic (exact) mass is 148 g/mol. The highest BCUT2D eigenvalue weighted by Gasteiger charge is 2.14. The van der Waals surface area contributed by atoms with Crippen molar-refractivity contribution in [2.75, 3.05) is 7.11 Å². The Morgan fingerprint density at radius 2 is 1.90 bits per heavy atom. The molecular formula is C6H12O4. The molecule has 0 amide bonds. The van der Waals surface area contributed by atoms with Gasteiger partial charge in [-0.25, -0.2) is 4.79 Å². The van der Waals surface area contributed by atoms with Crippen molar-refractivity contribution < 1.29 is 19.4 Å². The van der Waals surface area contributed by atoms with Crippen molar-refractivity contribution >= 4 is 6.16 Å². The van der Waals surface area contributed by atoms with Crippen LogP contribution in [0.25, 0.3) is 0 Å². The van der Waals surface area contributed by atoms with E-state index in [9.17, 15) is 4.79 Å². The second kappa shape index (κ2) is 4.11. The lowest BCUT2D eigenvalue weighted by Crippen LogP contribution is -2.26. The maximum absolute atomic E-state index is 9.95. The van der Waals surface area contributed by atoms with Crippen LogP contribution in [-0.2, 0) is 9.47 Å². The van der Waals surface area contributed by atoms with Gasteiger partial charge in [0.15, 0.2) is 0 Å². The molecule has 0 saturated heterocycles. The first-order chi connectivity index (χ1) is 4.57. The number of hydrogen-bond donors (Lipinski definition) is 1. The molecule has 1 N–H and O–H groups in total. The molecule has 0 heterocycles. The van der Waals surface area contributed by atoms with Crippen molar-refractivity contribution in [3.05, 3.63) is 0 Å². The van der Waals surface area contributed by atoms with Gasteiger partial charge in [-0.1, -0.05) is 0 Å². The van der Waals surface area contributed by atoms with Crippen molar-refractivity contribution in [3.63, 3.8) is 0 Å². The average molecular weight is 148 g/mol. The molecule has 0 aromatic carbocycles. The number of hydrogen-bond acceptors (Lipinski definition) is 3. The minimum Gasteiger partial charge on any atom is -0.450 e. The van der Waals surface area contributed by atoms with E-state index in [1.54, 1.807) is 13.8 Å². The van der Waals surface area contributed by atoms with Crippen LogP contribution in [0, 0.1) is 0 Å². The van der Waals surface area contributed by atoms with Crippen LogP contribution < -0.4 is 0 Å². The van der Waals surface area contributed by atoms with E-state index in [1.807, 2.05) is 0 Å². The molecule has 10 heavy (non-hydrogen) atoms. The van der Waals surface area contributed by atoms with Crippen molar-refractivity contribution in [2.45, 2.75) is 26.1 Å². The largest absolute Gasteiger partial charge is 0.506 e. The second-order valence-corrected chi connectivity index (χ2v) is 2.03. The molecule has 2 unspecified atom stereocenters. The van der Waals surface area contributed by atoms with Crippen LogP contribution in [0.5, 0.6) is 0 Å². The average Bonchev–Trinajstić information content (AvgIpc) is 1.85. The quantitative estimate of drug-likeness (QED) is 0.609. The number of carboxylic acid groups (broad SMARTS) is 1. The summed E-state index contributed by atoms with van der Waals surface area (Å²) in [7, 11) is 1.51. The molecule has 0 aliphatic carbocycles. The van der Waals surface area contributed by atoms with Crippen molar-refractivity contribution in [2.24, 2.45) is 0 Å². The molecular weight excluding hydrogens is 136 g/mol.